The summed E-state index contributed by atoms with van der Waals surface area (Å²) in [7, 11) is 0. The van der Waals surface area contributed by atoms with Gasteiger partial charge in [-0.15, -0.1) is 0 Å². The van der Waals surface area contributed by atoms with Crippen LogP contribution in [0.5, 0.6) is 17.2 Å². The summed E-state index contributed by atoms with van der Waals surface area (Å²) < 4.78 is 24.3. The number of nitriles is 1. The molecule has 7 heteroatoms. The number of hydrogen-bond donors (Lipinski definition) is 0. The van der Waals surface area contributed by atoms with E-state index in [0.717, 1.165) is 5.52 Å². The molecule has 0 amide bonds. The largest absolute Gasteiger partial charge is 0.490 e. The van der Waals surface area contributed by atoms with Gasteiger partial charge in [-0.25, -0.2) is 4.79 Å². The van der Waals surface area contributed by atoms with E-state index in [2.05, 4.69) is 6.07 Å². The fraction of sp³-hybridized carbons (Fsp3) is 0.304. The molecule has 0 aliphatic rings. The van der Waals surface area contributed by atoms with E-state index in [4.69, 9.17) is 18.9 Å². The average molecular weight is 408 g/mol. The van der Waals surface area contributed by atoms with Gasteiger partial charge in [0, 0.05) is 18.0 Å². The normalized spacial score (nSPS) is 10.5. The predicted octanol–water partition coefficient (Wildman–Crippen LogP) is 4.36. The predicted molar refractivity (Wildman–Crippen MR) is 111 cm³/mol. The van der Waals surface area contributed by atoms with Crippen LogP contribution in [0.4, 0.5) is 0 Å². The lowest BCUT2D eigenvalue weighted by molar-refractivity contribution is 0.0471. The van der Waals surface area contributed by atoms with Crippen LogP contribution < -0.4 is 14.2 Å². The minimum absolute atomic E-state index is 0.0233. The van der Waals surface area contributed by atoms with Crippen molar-refractivity contribution in [3.05, 3.63) is 59.4 Å². The number of aromatic nitrogens is 1. The Labute approximate surface area is 175 Å². The SMILES string of the molecule is CCOc1cc(C(=O)OCc2cn3ccccc3c2C#N)cc(OCC)c1OCC. The number of carbonyl (C=O) groups excluding carboxylic acids is 1. The van der Waals surface area contributed by atoms with Crippen LogP contribution in [0.1, 0.15) is 42.3 Å². The molecule has 0 aliphatic heterocycles. The Morgan fingerprint density at radius 3 is 2.30 bits per heavy atom. The van der Waals surface area contributed by atoms with Crippen LogP contribution in [0.25, 0.3) is 5.52 Å². The first-order chi connectivity index (χ1) is 14.6. The zero-order valence-electron chi connectivity index (χ0n) is 17.3. The smallest absolute Gasteiger partial charge is 0.338 e. The monoisotopic (exact) mass is 408 g/mol. The van der Waals surface area contributed by atoms with Gasteiger partial charge in [-0.2, -0.15) is 5.26 Å². The van der Waals surface area contributed by atoms with Gasteiger partial charge in [0.1, 0.15) is 12.7 Å². The first-order valence-electron chi connectivity index (χ1n) is 9.85. The van der Waals surface area contributed by atoms with Crippen molar-refractivity contribution < 1.29 is 23.7 Å². The lowest BCUT2D eigenvalue weighted by Crippen LogP contribution is -2.09. The Morgan fingerprint density at radius 1 is 1.03 bits per heavy atom. The van der Waals surface area contributed by atoms with Gasteiger partial charge in [0.25, 0.3) is 0 Å². The molecule has 0 saturated heterocycles. The average Bonchev–Trinajstić information content (AvgIpc) is 3.11. The number of benzene rings is 1. The minimum Gasteiger partial charge on any atom is -0.490 e. The van der Waals surface area contributed by atoms with E-state index in [1.165, 1.54) is 0 Å². The molecule has 156 valence electrons. The van der Waals surface area contributed by atoms with Crippen molar-refractivity contribution in [2.24, 2.45) is 0 Å². The van der Waals surface area contributed by atoms with Crippen molar-refractivity contribution in [3.63, 3.8) is 0 Å². The van der Waals surface area contributed by atoms with Gasteiger partial charge < -0.3 is 23.3 Å². The third kappa shape index (κ3) is 4.33. The van der Waals surface area contributed by atoms with Crippen molar-refractivity contribution >= 4 is 11.5 Å². The molecule has 3 aromatic rings. The summed E-state index contributed by atoms with van der Waals surface area (Å²) >= 11 is 0. The summed E-state index contributed by atoms with van der Waals surface area (Å²) in [6.45, 7) is 6.79. The molecule has 0 fully saturated rings. The van der Waals surface area contributed by atoms with Crippen molar-refractivity contribution in [1.82, 2.24) is 4.40 Å². The van der Waals surface area contributed by atoms with Crippen LogP contribution in [-0.2, 0) is 11.3 Å². The zero-order valence-corrected chi connectivity index (χ0v) is 17.3. The van der Waals surface area contributed by atoms with Crippen LogP contribution in [0.15, 0.2) is 42.7 Å². The summed E-state index contributed by atoms with van der Waals surface area (Å²) in [4.78, 5) is 12.8. The first kappa shape index (κ1) is 21.1. The molecule has 2 aromatic heterocycles. The molecular formula is C23H24N2O5. The molecule has 0 spiro atoms. The highest BCUT2D eigenvalue weighted by Gasteiger charge is 2.20. The number of hydrogen-bond acceptors (Lipinski definition) is 6. The molecule has 0 atom stereocenters. The zero-order chi connectivity index (χ0) is 21.5. The molecule has 7 nitrogen and oxygen atoms in total. The number of nitrogens with zero attached hydrogens (tertiary/aromatic N) is 2. The van der Waals surface area contributed by atoms with Crippen LogP contribution in [0.2, 0.25) is 0 Å². The number of pyridine rings is 1. The topological polar surface area (TPSA) is 82.2 Å². The third-order valence-corrected chi connectivity index (χ3v) is 4.38. The highest BCUT2D eigenvalue weighted by Crippen LogP contribution is 2.39. The third-order valence-electron chi connectivity index (χ3n) is 4.38. The van der Waals surface area contributed by atoms with Crippen molar-refractivity contribution in [3.8, 4) is 23.3 Å². The van der Waals surface area contributed by atoms with Gasteiger partial charge in [-0.1, -0.05) is 6.07 Å². The van der Waals surface area contributed by atoms with E-state index < -0.39 is 5.97 Å². The maximum Gasteiger partial charge on any atom is 0.338 e. The molecule has 0 aliphatic carbocycles. The van der Waals surface area contributed by atoms with Crippen LogP contribution in [0, 0.1) is 11.3 Å². The van der Waals surface area contributed by atoms with Crippen LogP contribution in [0.3, 0.4) is 0 Å². The molecule has 30 heavy (non-hydrogen) atoms. The Balaban J connectivity index is 1.87. The van der Waals surface area contributed by atoms with Gasteiger partial charge in [0.05, 0.1) is 36.5 Å². The second-order valence-electron chi connectivity index (χ2n) is 6.31. The molecule has 0 bridgehead atoms. The summed E-state index contributed by atoms with van der Waals surface area (Å²) in [5, 5.41) is 9.51. The Morgan fingerprint density at radius 2 is 1.70 bits per heavy atom. The number of ether oxygens (including phenoxy) is 4. The summed E-state index contributed by atoms with van der Waals surface area (Å²) in [6, 6.07) is 10.9. The quantitative estimate of drug-likeness (QED) is 0.489. The van der Waals surface area contributed by atoms with E-state index in [-0.39, 0.29) is 12.2 Å². The summed E-state index contributed by atoms with van der Waals surface area (Å²) in [6.07, 6.45) is 3.63. The van der Waals surface area contributed by atoms with Gasteiger partial charge >= 0.3 is 5.97 Å². The van der Waals surface area contributed by atoms with E-state index in [1.807, 2.05) is 49.6 Å². The molecule has 0 unspecified atom stereocenters. The number of rotatable bonds is 9. The van der Waals surface area contributed by atoms with Crippen LogP contribution >= 0.6 is 0 Å². The molecule has 0 N–H and O–H groups in total. The van der Waals surface area contributed by atoms with Crippen molar-refractivity contribution in [2.75, 3.05) is 19.8 Å². The molecular weight excluding hydrogens is 384 g/mol. The molecule has 0 radical (unpaired) electrons. The molecule has 3 rings (SSSR count). The number of esters is 1. The van der Waals surface area contributed by atoms with E-state index in [1.54, 1.807) is 18.3 Å². The highest BCUT2D eigenvalue weighted by atomic mass is 16.5. The van der Waals surface area contributed by atoms with Crippen molar-refractivity contribution in [1.29, 1.82) is 5.26 Å². The molecule has 1 aromatic carbocycles. The van der Waals surface area contributed by atoms with Gasteiger partial charge in [0.2, 0.25) is 5.75 Å². The lowest BCUT2D eigenvalue weighted by atomic mass is 10.1. The Kier molecular flexibility index (Phi) is 6.81. The Hall–Kier alpha value is -3.66. The highest BCUT2D eigenvalue weighted by molar-refractivity contribution is 5.91. The number of fused-ring (bicyclic) bond motifs is 1. The maximum atomic E-state index is 12.8. The lowest BCUT2D eigenvalue weighted by Gasteiger charge is -2.16. The standard InChI is InChI=1S/C23H24N2O5/c1-4-27-20-11-16(12-21(28-5-2)22(20)29-6-3)23(26)30-15-17-14-25-10-8-7-9-19(25)18(17)13-24/h7-12,14H,4-6,15H2,1-3H3. The number of carbonyl (C=O) groups is 1. The molecule has 2 heterocycles. The van der Waals surface area contributed by atoms with Crippen molar-refractivity contribution in [2.45, 2.75) is 27.4 Å². The van der Waals surface area contributed by atoms with E-state index >= 15 is 0 Å². The second kappa shape index (κ2) is 9.70. The van der Waals surface area contributed by atoms with Gasteiger partial charge in [0.15, 0.2) is 11.5 Å². The van der Waals surface area contributed by atoms with Gasteiger partial charge in [-0.3, -0.25) is 0 Å². The van der Waals surface area contributed by atoms with E-state index in [9.17, 15) is 10.1 Å². The fourth-order valence-corrected chi connectivity index (χ4v) is 3.15. The maximum absolute atomic E-state index is 12.8. The first-order valence-corrected chi connectivity index (χ1v) is 9.85. The summed E-state index contributed by atoms with van der Waals surface area (Å²) in [5.41, 5.74) is 2.18. The summed E-state index contributed by atoms with van der Waals surface area (Å²) in [5.74, 6) is 0.761. The fourth-order valence-electron chi connectivity index (χ4n) is 3.15. The van der Waals surface area contributed by atoms with E-state index in [0.29, 0.717) is 48.2 Å². The second-order valence-corrected chi connectivity index (χ2v) is 6.31. The van der Waals surface area contributed by atoms with Crippen LogP contribution in [-0.4, -0.2) is 30.2 Å². The van der Waals surface area contributed by atoms with Gasteiger partial charge in [-0.05, 0) is 45.0 Å². The Bertz CT molecular complexity index is 1050. The molecule has 0 saturated carbocycles. The minimum atomic E-state index is -0.542.